The van der Waals surface area contributed by atoms with Crippen molar-refractivity contribution in [3.05, 3.63) is 0 Å². The standard InChI is InChI=1S/C12H24O/c1-9-6-7-10(12(2,3)4)8-11(9)13-5/h9-11H,6-8H2,1-5H3. The molecule has 3 atom stereocenters. The summed E-state index contributed by atoms with van der Waals surface area (Å²) in [6, 6.07) is 0. The van der Waals surface area contributed by atoms with Gasteiger partial charge in [-0.2, -0.15) is 0 Å². The third kappa shape index (κ3) is 2.70. The van der Waals surface area contributed by atoms with Gasteiger partial charge in [0.2, 0.25) is 0 Å². The second-order valence-electron chi connectivity index (χ2n) is 5.63. The lowest BCUT2D eigenvalue weighted by Crippen LogP contribution is -2.34. The fraction of sp³-hybridized carbons (Fsp3) is 1.00. The fourth-order valence-electron chi connectivity index (χ4n) is 2.40. The second-order valence-corrected chi connectivity index (χ2v) is 5.63. The van der Waals surface area contributed by atoms with Gasteiger partial charge < -0.3 is 4.74 Å². The molecule has 3 unspecified atom stereocenters. The third-order valence-electron chi connectivity index (χ3n) is 3.65. The largest absolute Gasteiger partial charge is 0.381 e. The van der Waals surface area contributed by atoms with Crippen LogP contribution < -0.4 is 0 Å². The number of rotatable bonds is 1. The highest BCUT2D eigenvalue weighted by atomic mass is 16.5. The van der Waals surface area contributed by atoms with E-state index in [4.69, 9.17) is 4.74 Å². The van der Waals surface area contributed by atoms with E-state index in [-0.39, 0.29) is 0 Å². The summed E-state index contributed by atoms with van der Waals surface area (Å²) in [5.41, 5.74) is 0.455. The summed E-state index contributed by atoms with van der Waals surface area (Å²) in [6.45, 7) is 9.36. The molecule has 0 heterocycles. The zero-order valence-electron chi connectivity index (χ0n) is 9.76. The van der Waals surface area contributed by atoms with E-state index in [1.54, 1.807) is 0 Å². The topological polar surface area (TPSA) is 9.23 Å². The van der Waals surface area contributed by atoms with Gasteiger partial charge >= 0.3 is 0 Å². The van der Waals surface area contributed by atoms with Gasteiger partial charge in [-0.15, -0.1) is 0 Å². The van der Waals surface area contributed by atoms with E-state index in [0.29, 0.717) is 11.5 Å². The lowest BCUT2D eigenvalue weighted by molar-refractivity contribution is -0.0116. The molecular weight excluding hydrogens is 160 g/mol. The molecule has 0 amide bonds. The van der Waals surface area contributed by atoms with E-state index in [2.05, 4.69) is 27.7 Å². The SMILES string of the molecule is COC1CC(C(C)(C)C)CCC1C. The van der Waals surface area contributed by atoms with Gasteiger partial charge in [-0.1, -0.05) is 27.7 Å². The Hall–Kier alpha value is -0.0400. The second kappa shape index (κ2) is 4.00. The maximum Gasteiger partial charge on any atom is 0.0599 e. The number of methoxy groups -OCH3 is 1. The molecule has 0 N–H and O–H groups in total. The number of hydrogen-bond acceptors (Lipinski definition) is 1. The molecule has 0 saturated heterocycles. The van der Waals surface area contributed by atoms with Crippen molar-refractivity contribution in [3.8, 4) is 0 Å². The minimum atomic E-state index is 0.455. The Labute approximate surface area is 82.9 Å². The molecule has 0 radical (unpaired) electrons. The van der Waals surface area contributed by atoms with Crippen LogP contribution in [0.2, 0.25) is 0 Å². The molecule has 0 aromatic rings. The van der Waals surface area contributed by atoms with Crippen LogP contribution in [0.1, 0.15) is 47.0 Å². The fourth-order valence-corrected chi connectivity index (χ4v) is 2.40. The van der Waals surface area contributed by atoms with Crippen molar-refractivity contribution in [2.75, 3.05) is 7.11 Å². The normalized spacial score (nSPS) is 36.2. The number of ether oxygens (including phenoxy) is 1. The van der Waals surface area contributed by atoms with Crippen LogP contribution in [-0.4, -0.2) is 13.2 Å². The van der Waals surface area contributed by atoms with Gasteiger partial charge in [-0.05, 0) is 36.5 Å². The maximum absolute atomic E-state index is 5.53. The summed E-state index contributed by atoms with van der Waals surface area (Å²) in [4.78, 5) is 0. The Morgan fingerprint density at radius 1 is 1.15 bits per heavy atom. The van der Waals surface area contributed by atoms with Crippen molar-refractivity contribution in [2.24, 2.45) is 17.3 Å². The van der Waals surface area contributed by atoms with E-state index in [1.807, 2.05) is 7.11 Å². The third-order valence-corrected chi connectivity index (χ3v) is 3.65. The Bertz CT molecular complexity index is 157. The van der Waals surface area contributed by atoms with E-state index < -0.39 is 0 Å². The molecule has 78 valence electrons. The van der Waals surface area contributed by atoms with Crippen molar-refractivity contribution < 1.29 is 4.74 Å². The van der Waals surface area contributed by atoms with Crippen LogP contribution in [0.4, 0.5) is 0 Å². The lowest BCUT2D eigenvalue weighted by atomic mass is 9.69. The maximum atomic E-state index is 5.53. The molecule has 1 fully saturated rings. The van der Waals surface area contributed by atoms with Gasteiger partial charge in [0.15, 0.2) is 0 Å². The zero-order valence-corrected chi connectivity index (χ0v) is 9.76. The predicted molar refractivity (Wildman–Crippen MR) is 56.8 cm³/mol. The number of hydrogen-bond donors (Lipinski definition) is 0. The summed E-state index contributed by atoms with van der Waals surface area (Å²) < 4.78 is 5.53. The molecule has 1 saturated carbocycles. The zero-order chi connectivity index (χ0) is 10.1. The van der Waals surface area contributed by atoms with Crippen LogP contribution in [0.3, 0.4) is 0 Å². The van der Waals surface area contributed by atoms with Crippen molar-refractivity contribution in [2.45, 2.75) is 53.1 Å². The molecular formula is C12H24O. The molecule has 1 aliphatic rings. The Morgan fingerprint density at radius 2 is 1.77 bits per heavy atom. The van der Waals surface area contributed by atoms with Gasteiger partial charge in [0.25, 0.3) is 0 Å². The molecule has 0 aromatic carbocycles. The highest BCUT2D eigenvalue weighted by molar-refractivity contribution is 4.84. The smallest absolute Gasteiger partial charge is 0.0599 e. The summed E-state index contributed by atoms with van der Waals surface area (Å²) in [6.07, 6.45) is 4.46. The molecule has 1 nitrogen and oxygen atoms in total. The average molecular weight is 184 g/mol. The van der Waals surface area contributed by atoms with Crippen LogP contribution >= 0.6 is 0 Å². The van der Waals surface area contributed by atoms with Gasteiger partial charge in [-0.3, -0.25) is 0 Å². The Morgan fingerprint density at radius 3 is 2.23 bits per heavy atom. The summed E-state index contributed by atoms with van der Waals surface area (Å²) in [5.74, 6) is 1.59. The first kappa shape index (κ1) is 11.0. The van der Waals surface area contributed by atoms with Crippen LogP contribution in [0.25, 0.3) is 0 Å². The van der Waals surface area contributed by atoms with Crippen LogP contribution in [0.5, 0.6) is 0 Å². The molecule has 0 aromatic heterocycles. The summed E-state index contributed by atoms with van der Waals surface area (Å²) in [7, 11) is 1.85. The summed E-state index contributed by atoms with van der Waals surface area (Å²) in [5, 5.41) is 0. The van der Waals surface area contributed by atoms with E-state index in [1.165, 1.54) is 19.3 Å². The van der Waals surface area contributed by atoms with Crippen LogP contribution in [-0.2, 0) is 4.74 Å². The Kier molecular flexibility index (Phi) is 3.39. The van der Waals surface area contributed by atoms with Gasteiger partial charge in [0, 0.05) is 7.11 Å². The minimum Gasteiger partial charge on any atom is -0.381 e. The predicted octanol–water partition coefficient (Wildman–Crippen LogP) is 3.48. The first-order valence-electron chi connectivity index (χ1n) is 5.48. The minimum absolute atomic E-state index is 0.455. The molecule has 0 spiro atoms. The lowest BCUT2D eigenvalue weighted by Gasteiger charge is -2.40. The van der Waals surface area contributed by atoms with Crippen molar-refractivity contribution >= 4 is 0 Å². The van der Waals surface area contributed by atoms with E-state index in [9.17, 15) is 0 Å². The Balaban J connectivity index is 2.55. The first-order chi connectivity index (χ1) is 5.95. The monoisotopic (exact) mass is 184 g/mol. The molecule has 1 heteroatoms. The van der Waals surface area contributed by atoms with Crippen molar-refractivity contribution in [1.29, 1.82) is 0 Å². The quantitative estimate of drug-likeness (QED) is 0.606. The highest BCUT2D eigenvalue weighted by Gasteiger charge is 2.33. The molecule has 1 aliphatic carbocycles. The van der Waals surface area contributed by atoms with Gasteiger partial charge in [-0.25, -0.2) is 0 Å². The summed E-state index contributed by atoms with van der Waals surface area (Å²) >= 11 is 0. The highest BCUT2D eigenvalue weighted by Crippen LogP contribution is 2.40. The molecule has 1 rings (SSSR count). The van der Waals surface area contributed by atoms with Crippen molar-refractivity contribution in [3.63, 3.8) is 0 Å². The van der Waals surface area contributed by atoms with Gasteiger partial charge in [0.1, 0.15) is 0 Å². The molecule has 0 aliphatic heterocycles. The first-order valence-corrected chi connectivity index (χ1v) is 5.48. The van der Waals surface area contributed by atoms with E-state index >= 15 is 0 Å². The molecule has 0 bridgehead atoms. The van der Waals surface area contributed by atoms with E-state index in [0.717, 1.165) is 11.8 Å². The van der Waals surface area contributed by atoms with Crippen molar-refractivity contribution in [1.82, 2.24) is 0 Å². The van der Waals surface area contributed by atoms with Crippen LogP contribution in [0.15, 0.2) is 0 Å². The average Bonchev–Trinajstić information content (AvgIpc) is 2.03. The van der Waals surface area contributed by atoms with Crippen LogP contribution in [0, 0.1) is 17.3 Å². The molecule has 13 heavy (non-hydrogen) atoms. The van der Waals surface area contributed by atoms with Gasteiger partial charge in [0.05, 0.1) is 6.10 Å².